The highest BCUT2D eigenvalue weighted by molar-refractivity contribution is 8.76. The number of esters is 1. The first-order chi connectivity index (χ1) is 45.5. The van der Waals surface area contributed by atoms with Gasteiger partial charge in [0.1, 0.15) is 87.7 Å². The highest BCUT2D eigenvalue weighted by atomic mass is 33.1. The van der Waals surface area contributed by atoms with E-state index in [4.69, 9.17) is 34.6 Å². The number of aliphatic hydroxyl groups excluding tert-OH is 1. The molecule has 4 atom stereocenters. The van der Waals surface area contributed by atoms with Crippen molar-refractivity contribution in [2.75, 3.05) is 20.1 Å². The van der Waals surface area contributed by atoms with Gasteiger partial charge in [0.05, 0.1) is 37.2 Å². The molecule has 32 heteroatoms. The van der Waals surface area contributed by atoms with Crippen LogP contribution in [0.2, 0.25) is 0 Å². The molecule has 0 spiro atoms. The van der Waals surface area contributed by atoms with Crippen molar-refractivity contribution in [3.05, 3.63) is 147 Å². The normalized spacial score (nSPS) is 15.8. The number of carbonyl (C=O) groups excluding carboxylic acids is 7. The molecule has 10 bridgehead atoms. The molecule has 8 heterocycles. The minimum atomic E-state index is -1.31. The smallest absolute Gasteiger partial charge is 0.308 e. The van der Waals surface area contributed by atoms with E-state index in [0.29, 0.717) is 75.1 Å². The molecule has 6 amide bonds. The third-order valence-electron chi connectivity index (χ3n) is 14.1. The van der Waals surface area contributed by atoms with Gasteiger partial charge in [-0.3, -0.25) is 38.4 Å². The summed E-state index contributed by atoms with van der Waals surface area (Å²) in [7, 11) is 4.33. The molecule has 2 aromatic carbocycles. The number of carbonyl (C=O) groups is 8. The highest BCUT2D eigenvalue weighted by Crippen LogP contribution is 2.41. The summed E-state index contributed by atoms with van der Waals surface area (Å²) in [6.45, 7) is 10.2. The van der Waals surface area contributed by atoms with Gasteiger partial charge in [0.2, 0.25) is 11.8 Å². The van der Waals surface area contributed by atoms with Crippen molar-refractivity contribution >= 4 is 137 Å². The van der Waals surface area contributed by atoms with E-state index >= 15 is 0 Å². The van der Waals surface area contributed by atoms with Gasteiger partial charge >= 0.3 is 11.9 Å². The zero-order valence-corrected chi connectivity index (χ0v) is 58.5. The summed E-state index contributed by atoms with van der Waals surface area (Å²) < 4.78 is 5.37. The average Bonchev–Trinajstić information content (AvgIpc) is 1.70. The Bertz CT molecular complexity index is 4310. The molecule has 24 nitrogen and oxygen atoms in total. The van der Waals surface area contributed by atoms with Crippen LogP contribution in [0, 0.1) is 12.8 Å². The number of aromatic nitrogens is 7. The summed E-state index contributed by atoms with van der Waals surface area (Å²) in [5.41, 5.74) is 2.80. The molecule has 0 aliphatic carbocycles. The van der Waals surface area contributed by atoms with Crippen LogP contribution in [0.15, 0.2) is 93.1 Å². The van der Waals surface area contributed by atoms with Crippen molar-refractivity contribution < 1.29 is 53.3 Å². The van der Waals surface area contributed by atoms with Gasteiger partial charge in [-0.2, -0.15) is 0 Å². The van der Waals surface area contributed by atoms with E-state index in [9.17, 15) is 48.6 Å². The van der Waals surface area contributed by atoms with Gasteiger partial charge in [0, 0.05) is 67.5 Å². The number of fused-ring (bicyclic) bond motifs is 14. The average molecular weight is 1430 g/mol. The lowest BCUT2D eigenvalue weighted by atomic mass is 10.0. The number of nitrogens with zero attached hydrogens (tertiary/aromatic N) is 7. The van der Waals surface area contributed by atoms with Crippen LogP contribution in [0.1, 0.15) is 156 Å². The number of aliphatic hydroxyl groups is 1. The third kappa shape index (κ3) is 17.8. The van der Waals surface area contributed by atoms with E-state index in [1.165, 1.54) is 74.0 Å². The van der Waals surface area contributed by atoms with Gasteiger partial charge in [-0.1, -0.05) is 77.9 Å². The number of ether oxygens (including phenoxy) is 1. The summed E-state index contributed by atoms with van der Waals surface area (Å²) in [5, 5.41) is 47.1. The Hall–Kier alpha value is -8.21. The van der Waals surface area contributed by atoms with Crippen LogP contribution in [-0.2, 0) is 36.1 Å². The number of benzene rings is 2. The van der Waals surface area contributed by atoms with E-state index in [1.807, 2.05) is 38.1 Å². The number of amides is 6. The third-order valence-corrected chi connectivity index (χ3v) is 22.3. The quantitative estimate of drug-likeness (QED) is 0.0310. The van der Waals surface area contributed by atoms with E-state index in [0.717, 1.165) is 33.1 Å². The predicted octanol–water partition coefficient (Wildman–Crippen LogP) is 10.6. The highest BCUT2D eigenvalue weighted by Gasteiger charge is 2.33. The van der Waals surface area contributed by atoms with Gasteiger partial charge in [-0.25, -0.2) is 34.9 Å². The van der Waals surface area contributed by atoms with Gasteiger partial charge in [-0.05, 0) is 75.4 Å². The zero-order chi connectivity index (χ0) is 67.7. The van der Waals surface area contributed by atoms with Gasteiger partial charge in [-0.15, -0.1) is 68.0 Å². The number of thiazole rings is 6. The first-order valence-corrected chi connectivity index (χ1v) is 37.0. The van der Waals surface area contributed by atoms with E-state index in [2.05, 4.69) is 36.9 Å². The summed E-state index contributed by atoms with van der Waals surface area (Å²) in [6.07, 6.45) is -1.21. The van der Waals surface area contributed by atoms with E-state index in [-0.39, 0.29) is 65.3 Å². The van der Waals surface area contributed by atoms with Gasteiger partial charge < -0.3 is 46.9 Å². The molecule has 1 aliphatic heterocycles. The molecule has 0 saturated heterocycles. The first-order valence-electron chi connectivity index (χ1n) is 29.5. The van der Waals surface area contributed by atoms with Crippen molar-refractivity contribution in [2.45, 2.75) is 108 Å². The molecule has 4 unspecified atom stereocenters. The second-order valence-corrected chi connectivity index (χ2v) is 30.9. The SMILES string of the molecule is CNC(=O)CC1NC(=O)c2csc(n2)-c2ccc(-c3nc(C(=O)NCCC(=O)OC(C)(C)C)cs3)nc2-c2csc(n2)-c2csc(n2)C(C(O)c2ccccc2)NC(=O)CNC(=O)c2nc(sc2CSSc2ccc(CCC(=O)O)cc2)C(C(C)C)NC(=O)c2nc1sc2C. The molecule has 8 N–H and O–H groups in total. The molecule has 0 radical (unpaired) electrons. The topological polar surface area (TPSA) is 349 Å². The maximum absolute atomic E-state index is 14.5. The number of aliphatic carboxylic acids is 1. The largest absolute Gasteiger partial charge is 0.481 e. The van der Waals surface area contributed by atoms with Crippen LogP contribution in [0.4, 0.5) is 0 Å². The van der Waals surface area contributed by atoms with Crippen LogP contribution in [0.5, 0.6) is 0 Å². The zero-order valence-electron chi connectivity index (χ0n) is 52.0. The Labute approximate surface area is 576 Å². The van der Waals surface area contributed by atoms with Crippen LogP contribution < -0.4 is 31.9 Å². The van der Waals surface area contributed by atoms with Crippen molar-refractivity contribution in [3.63, 3.8) is 0 Å². The molecular formula is C63H63N13O11S8. The van der Waals surface area contributed by atoms with E-state index < -0.39 is 83.8 Å². The summed E-state index contributed by atoms with van der Waals surface area (Å²) in [5.74, 6) is -4.83. The summed E-state index contributed by atoms with van der Waals surface area (Å²) in [6, 6.07) is 16.8. The van der Waals surface area contributed by atoms with Crippen LogP contribution >= 0.6 is 89.6 Å². The van der Waals surface area contributed by atoms with Crippen molar-refractivity contribution in [1.82, 2.24) is 66.8 Å². The molecule has 0 fully saturated rings. The Morgan fingerprint density at radius 1 is 0.695 bits per heavy atom. The maximum atomic E-state index is 14.5. The van der Waals surface area contributed by atoms with Crippen molar-refractivity contribution in [3.8, 4) is 43.4 Å². The number of hydrogen-bond donors (Lipinski definition) is 8. The monoisotopic (exact) mass is 1430 g/mol. The number of carboxylic acids is 1. The number of carboxylic acid groups (broad SMARTS) is 1. The lowest BCUT2D eigenvalue weighted by molar-refractivity contribution is -0.154. The fourth-order valence-electron chi connectivity index (χ4n) is 9.43. The number of hydrogen-bond acceptors (Lipinski definition) is 25. The molecule has 1 aliphatic rings. The standard InChI is InChI=1S/C63H63N13O11S8/c1-30(2)47-62-76-50(42(94-62)29-92-95-34-16-13-32(14-17-34)15-20-45(79)80)55(85)66-24-44(78)73-51(52(82)33-11-9-8-10-12-33)61-72-41(28-91-61)59-69-38(25-89-59)49-35(18-19-36(67-49)58-71-39(26-90-58)53(83)65-22-21-46(81)87-63(4,5)6)57-70-40(27-88-57)54(84)68-37(23-43(77)64-7)60-75-48(31(3)93-60)56(86)74-47/h8-14,16-19,25-28,30,37,47,51-52,82H,15,20-24,29H2,1-7H3,(H,64,77)(H,65,83)(H,66,85)(H,68,84)(H,73,78)(H,74,86)(H,79,80). The minimum Gasteiger partial charge on any atom is -0.481 e. The second kappa shape index (κ2) is 31.1. The lowest BCUT2D eigenvalue weighted by Gasteiger charge is -2.23. The Morgan fingerprint density at radius 3 is 2.14 bits per heavy atom. The molecule has 95 heavy (non-hydrogen) atoms. The van der Waals surface area contributed by atoms with E-state index in [1.54, 1.807) is 91.7 Å². The van der Waals surface area contributed by atoms with Crippen LogP contribution in [-0.4, -0.2) is 118 Å². The second-order valence-electron chi connectivity index (χ2n) is 22.7. The van der Waals surface area contributed by atoms with Crippen LogP contribution in [0.3, 0.4) is 0 Å². The lowest BCUT2D eigenvalue weighted by Crippen LogP contribution is -2.40. The summed E-state index contributed by atoms with van der Waals surface area (Å²) >= 11 is 7.10. The molecule has 9 aromatic rings. The molecule has 0 saturated carbocycles. The number of rotatable bonds is 17. The first kappa shape index (κ1) is 69.6. The molecule has 494 valence electrons. The minimum absolute atomic E-state index is 0.00105. The maximum Gasteiger partial charge on any atom is 0.308 e. The van der Waals surface area contributed by atoms with Crippen molar-refractivity contribution in [2.24, 2.45) is 5.92 Å². The number of pyridine rings is 1. The molecular weight excluding hydrogens is 1370 g/mol. The van der Waals surface area contributed by atoms with Gasteiger partial charge in [0.25, 0.3) is 23.6 Å². The van der Waals surface area contributed by atoms with Gasteiger partial charge in [0.15, 0.2) is 0 Å². The fourth-order valence-corrected chi connectivity index (χ4v) is 17.4. The molecule has 7 aromatic heterocycles. The number of nitrogens with one attached hydrogen (secondary N) is 6. The summed E-state index contributed by atoms with van der Waals surface area (Å²) in [4.78, 5) is 144. The molecule has 10 rings (SSSR count). The Balaban J connectivity index is 1.01. The van der Waals surface area contributed by atoms with Crippen molar-refractivity contribution in [1.29, 1.82) is 0 Å². The fraction of sp³-hybridized carbons (Fsp3) is 0.317. The van der Waals surface area contributed by atoms with Crippen LogP contribution in [0.25, 0.3) is 43.4 Å². The Kier molecular flexibility index (Phi) is 22.8. The predicted molar refractivity (Wildman–Crippen MR) is 369 cm³/mol. The Morgan fingerprint density at radius 2 is 1.40 bits per heavy atom. The number of aryl methyl sites for hydroxylation is 2.